The van der Waals surface area contributed by atoms with Crippen LogP contribution in [-0.4, -0.2) is 39.1 Å². The molecular formula is C15H25NO4. The molecule has 0 amide bonds. The molecule has 0 radical (unpaired) electrons. The molecule has 0 spiro atoms. The second-order valence-corrected chi connectivity index (χ2v) is 4.65. The van der Waals surface area contributed by atoms with Gasteiger partial charge < -0.3 is 24.6 Å². The van der Waals surface area contributed by atoms with Crippen molar-refractivity contribution in [3.63, 3.8) is 0 Å². The van der Waals surface area contributed by atoms with Crippen LogP contribution in [0.25, 0.3) is 0 Å². The maximum atomic E-state index is 9.61. The highest BCUT2D eigenvalue weighted by Crippen LogP contribution is 2.39. The topological polar surface area (TPSA) is 60.0 Å². The van der Waals surface area contributed by atoms with Crippen LogP contribution in [0.5, 0.6) is 17.2 Å². The second kappa shape index (κ2) is 7.97. The van der Waals surface area contributed by atoms with Crippen molar-refractivity contribution < 1.29 is 19.3 Å². The first kappa shape index (κ1) is 16.6. The Morgan fingerprint density at radius 2 is 1.65 bits per heavy atom. The van der Waals surface area contributed by atoms with E-state index in [-0.39, 0.29) is 12.1 Å². The Morgan fingerprint density at radius 1 is 1.10 bits per heavy atom. The summed E-state index contributed by atoms with van der Waals surface area (Å²) in [6, 6.07) is 3.90. The summed E-state index contributed by atoms with van der Waals surface area (Å²) in [7, 11) is 4.78. The zero-order valence-corrected chi connectivity index (χ0v) is 12.9. The third kappa shape index (κ3) is 4.02. The molecule has 2 N–H and O–H groups in total. The summed E-state index contributed by atoms with van der Waals surface area (Å²) in [5, 5.41) is 12.9. The predicted molar refractivity (Wildman–Crippen MR) is 78.8 cm³/mol. The first-order valence-corrected chi connectivity index (χ1v) is 6.78. The van der Waals surface area contributed by atoms with Crippen molar-refractivity contribution in [2.75, 3.05) is 27.9 Å². The van der Waals surface area contributed by atoms with Crippen molar-refractivity contribution in [3.05, 3.63) is 17.7 Å². The Bertz CT molecular complexity index is 397. The summed E-state index contributed by atoms with van der Waals surface area (Å²) in [6.45, 7) is 4.54. The largest absolute Gasteiger partial charge is 0.493 e. The van der Waals surface area contributed by atoms with E-state index in [4.69, 9.17) is 14.2 Å². The van der Waals surface area contributed by atoms with Gasteiger partial charge in [-0.15, -0.1) is 0 Å². The predicted octanol–water partition coefficient (Wildman–Crippen LogP) is 2.13. The molecule has 0 aliphatic carbocycles. The Balaban J connectivity index is 2.94. The number of methoxy groups -OCH3 is 3. The highest BCUT2D eigenvalue weighted by molar-refractivity contribution is 5.54. The maximum Gasteiger partial charge on any atom is 0.203 e. The maximum absolute atomic E-state index is 9.61. The zero-order chi connectivity index (χ0) is 15.1. The summed E-state index contributed by atoms with van der Waals surface area (Å²) >= 11 is 0. The van der Waals surface area contributed by atoms with Gasteiger partial charge in [-0.25, -0.2) is 0 Å². The van der Waals surface area contributed by atoms with E-state index in [0.717, 1.165) is 12.0 Å². The lowest BCUT2D eigenvalue weighted by atomic mass is 10.1. The summed E-state index contributed by atoms with van der Waals surface area (Å²) in [4.78, 5) is 0. The molecule has 1 aromatic carbocycles. The summed E-state index contributed by atoms with van der Waals surface area (Å²) in [6.07, 6.45) is 0.397. The molecule has 2 atom stereocenters. The third-order valence-electron chi connectivity index (χ3n) is 3.32. The lowest BCUT2D eigenvalue weighted by Crippen LogP contribution is -2.28. The standard InChI is InChI=1S/C15H25NO4/c1-6-12(17)9-16-10(2)11-7-13(18-3)15(20-5)14(8-11)19-4/h7-8,10,12,16-17H,6,9H2,1-5H3. The van der Waals surface area contributed by atoms with Crippen LogP contribution in [0.2, 0.25) is 0 Å². The second-order valence-electron chi connectivity index (χ2n) is 4.65. The molecule has 0 aliphatic heterocycles. The number of nitrogens with one attached hydrogen (secondary N) is 1. The van der Waals surface area contributed by atoms with Gasteiger partial charge in [0.1, 0.15) is 0 Å². The van der Waals surface area contributed by atoms with E-state index in [2.05, 4.69) is 5.32 Å². The van der Waals surface area contributed by atoms with E-state index in [9.17, 15) is 5.11 Å². The highest BCUT2D eigenvalue weighted by atomic mass is 16.5. The van der Waals surface area contributed by atoms with Gasteiger partial charge in [0.2, 0.25) is 5.75 Å². The van der Waals surface area contributed by atoms with Gasteiger partial charge in [-0.3, -0.25) is 0 Å². The van der Waals surface area contributed by atoms with Gasteiger partial charge in [0.05, 0.1) is 27.4 Å². The molecule has 0 saturated heterocycles. The first-order chi connectivity index (χ1) is 9.57. The van der Waals surface area contributed by atoms with Gasteiger partial charge in [0.15, 0.2) is 11.5 Å². The molecule has 5 nitrogen and oxygen atoms in total. The number of rotatable bonds is 8. The summed E-state index contributed by atoms with van der Waals surface area (Å²) in [5.41, 5.74) is 1.02. The smallest absolute Gasteiger partial charge is 0.203 e. The SMILES string of the molecule is CCC(O)CNC(C)c1cc(OC)c(OC)c(OC)c1. The quantitative estimate of drug-likeness (QED) is 0.765. The van der Waals surface area contributed by atoms with E-state index in [1.807, 2.05) is 26.0 Å². The van der Waals surface area contributed by atoms with Gasteiger partial charge in [0, 0.05) is 12.6 Å². The molecule has 0 aliphatic rings. The third-order valence-corrected chi connectivity index (χ3v) is 3.32. The Hall–Kier alpha value is -1.46. The van der Waals surface area contributed by atoms with Gasteiger partial charge in [-0.05, 0) is 31.0 Å². The Kier molecular flexibility index (Phi) is 6.61. The highest BCUT2D eigenvalue weighted by Gasteiger charge is 2.16. The summed E-state index contributed by atoms with van der Waals surface area (Å²) in [5.74, 6) is 1.85. The number of aliphatic hydroxyl groups is 1. The number of ether oxygens (including phenoxy) is 3. The van der Waals surface area contributed by atoms with Gasteiger partial charge in [-0.2, -0.15) is 0 Å². The van der Waals surface area contributed by atoms with Crippen molar-refractivity contribution in [2.45, 2.75) is 32.4 Å². The molecule has 2 unspecified atom stereocenters. The van der Waals surface area contributed by atoms with Crippen molar-refractivity contribution in [1.82, 2.24) is 5.32 Å². The fourth-order valence-electron chi connectivity index (χ4n) is 1.93. The van der Waals surface area contributed by atoms with Crippen molar-refractivity contribution in [3.8, 4) is 17.2 Å². The monoisotopic (exact) mass is 283 g/mol. The average Bonchev–Trinajstić information content (AvgIpc) is 2.50. The van der Waals surface area contributed by atoms with Crippen molar-refractivity contribution >= 4 is 0 Å². The molecule has 5 heteroatoms. The minimum atomic E-state index is -0.334. The first-order valence-electron chi connectivity index (χ1n) is 6.78. The molecule has 20 heavy (non-hydrogen) atoms. The van der Waals surface area contributed by atoms with Crippen LogP contribution >= 0.6 is 0 Å². The summed E-state index contributed by atoms with van der Waals surface area (Å²) < 4.78 is 16.0. The van der Waals surface area contributed by atoms with Crippen molar-refractivity contribution in [1.29, 1.82) is 0 Å². The minimum absolute atomic E-state index is 0.0740. The number of hydrogen-bond donors (Lipinski definition) is 2. The van der Waals surface area contributed by atoms with Gasteiger partial charge >= 0.3 is 0 Å². The fraction of sp³-hybridized carbons (Fsp3) is 0.600. The van der Waals surface area contributed by atoms with E-state index in [0.29, 0.717) is 23.8 Å². The molecule has 0 aromatic heterocycles. The van der Waals surface area contributed by atoms with E-state index in [1.165, 1.54) is 0 Å². The number of hydrogen-bond acceptors (Lipinski definition) is 5. The van der Waals surface area contributed by atoms with Crippen molar-refractivity contribution in [2.24, 2.45) is 0 Å². The van der Waals surface area contributed by atoms with Crippen LogP contribution in [0, 0.1) is 0 Å². The van der Waals surface area contributed by atoms with Crippen LogP contribution in [0.3, 0.4) is 0 Å². The Morgan fingerprint density at radius 3 is 2.05 bits per heavy atom. The molecule has 0 saturated carbocycles. The minimum Gasteiger partial charge on any atom is -0.493 e. The zero-order valence-electron chi connectivity index (χ0n) is 12.9. The molecule has 1 aromatic rings. The Labute approximate surface area is 120 Å². The van der Waals surface area contributed by atoms with E-state index >= 15 is 0 Å². The molecule has 0 fully saturated rings. The van der Waals surface area contributed by atoms with Crippen LogP contribution in [-0.2, 0) is 0 Å². The molecule has 1 rings (SSSR count). The molecule has 0 bridgehead atoms. The molecule has 0 heterocycles. The van der Waals surface area contributed by atoms with Crippen LogP contribution in [0.1, 0.15) is 31.9 Å². The lowest BCUT2D eigenvalue weighted by molar-refractivity contribution is 0.163. The number of aliphatic hydroxyl groups excluding tert-OH is 1. The van der Waals surface area contributed by atoms with Crippen LogP contribution < -0.4 is 19.5 Å². The average molecular weight is 283 g/mol. The van der Waals surface area contributed by atoms with Gasteiger partial charge in [0.25, 0.3) is 0 Å². The number of benzene rings is 1. The van der Waals surface area contributed by atoms with Crippen LogP contribution in [0.4, 0.5) is 0 Å². The van der Waals surface area contributed by atoms with Crippen LogP contribution in [0.15, 0.2) is 12.1 Å². The normalized spacial score (nSPS) is 13.7. The molecular weight excluding hydrogens is 258 g/mol. The molecule has 114 valence electrons. The van der Waals surface area contributed by atoms with E-state index < -0.39 is 0 Å². The lowest BCUT2D eigenvalue weighted by Gasteiger charge is -2.20. The van der Waals surface area contributed by atoms with E-state index in [1.54, 1.807) is 21.3 Å². The fourth-order valence-corrected chi connectivity index (χ4v) is 1.93. The van der Waals surface area contributed by atoms with Gasteiger partial charge in [-0.1, -0.05) is 6.92 Å².